The van der Waals surface area contributed by atoms with Crippen LogP contribution >= 0.6 is 0 Å². The highest BCUT2D eigenvalue weighted by atomic mass is 16.6. The number of hydrogen-bond donors (Lipinski definition) is 2. The van der Waals surface area contributed by atoms with Crippen LogP contribution in [0, 0.1) is 17.0 Å². The van der Waals surface area contributed by atoms with E-state index in [4.69, 9.17) is 5.73 Å². The average molecular weight is 279 g/mol. The van der Waals surface area contributed by atoms with Crippen molar-refractivity contribution in [3.05, 3.63) is 39.4 Å². The van der Waals surface area contributed by atoms with E-state index >= 15 is 0 Å². The summed E-state index contributed by atoms with van der Waals surface area (Å²) in [6.07, 6.45) is 1.34. The first-order valence-corrected chi connectivity index (χ1v) is 6.67. The van der Waals surface area contributed by atoms with E-state index < -0.39 is 16.4 Å². The van der Waals surface area contributed by atoms with E-state index in [-0.39, 0.29) is 11.3 Å². The largest absolute Gasteiger partial charge is 0.345 e. The van der Waals surface area contributed by atoms with E-state index in [0.717, 1.165) is 0 Å². The molecule has 1 amide bonds. The predicted octanol–water partition coefficient (Wildman–Crippen LogP) is 2.15. The van der Waals surface area contributed by atoms with Crippen molar-refractivity contribution < 1.29 is 9.72 Å². The van der Waals surface area contributed by atoms with Crippen LogP contribution in [-0.4, -0.2) is 22.9 Å². The Kier molecular flexibility index (Phi) is 5.21. The minimum Gasteiger partial charge on any atom is -0.345 e. The van der Waals surface area contributed by atoms with Gasteiger partial charge in [-0.2, -0.15) is 0 Å². The fourth-order valence-electron chi connectivity index (χ4n) is 2.17. The number of nitrogens with zero attached hydrogens (tertiary/aromatic N) is 1. The van der Waals surface area contributed by atoms with Crippen LogP contribution in [0.2, 0.25) is 0 Å². The molecule has 0 aliphatic carbocycles. The molecule has 6 nitrogen and oxygen atoms in total. The zero-order valence-electron chi connectivity index (χ0n) is 12.1. The van der Waals surface area contributed by atoms with Crippen molar-refractivity contribution in [1.82, 2.24) is 5.32 Å². The monoisotopic (exact) mass is 279 g/mol. The highest BCUT2D eigenvalue weighted by Gasteiger charge is 2.30. The molecule has 0 saturated carbocycles. The molecule has 3 N–H and O–H groups in total. The van der Waals surface area contributed by atoms with E-state index in [0.29, 0.717) is 24.9 Å². The number of amides is 1. The SMILES string of the molecule is CCC(CC)(CN)NC(=O)c1c(C)cccc1[N+](=O)[O-]. The molecule has 0 atom stereocenters. The summed E-state index contributed by atoms with van der Waals surface area (Å²) in [4.78, 5) is 22.9. The first kappa shape index (κ1) is 16.1. The molecule has 20 heavy (non-hydrogen) atoms. The van der Waals surface area contributed by atoms with E-state index in [9.17, 15) is 14.9 Å². The third kappa shape index (κ3) is 3.14. The van der Waals surface area contributed by atoms with Crippen LogP contribution in [0.3, 0.4) is 0 Å². The number of nitro benzene ring substituents is 1. The molecule has 0 saturated heterocycles. The Morgan fingerprint density at radius 1 is 1.40 bits per heavy atom. The Balaban J connectivity index is 3.19. The lowest BCUT2D eigenvalue weighted by Gasteiger charge is -2.31. The summed E-state index contributed by atoms with van der Waals surface area (Å²) in [7, 11) is 0. The average Bonchev–Trinajstić information content (AvgIpc) is 2.44. The smallest absolute Gasteiger partial charge is 0.282 e. The molecular weight excluding hydrogens is 258 g/mol. The van der Waals surface area contributed by atoms with Gasteiger partial charge in [0, 0.05) is 12.6 Å². The molecule has 0 bridgehead atoms. The Morgan fingerprint density at radius 3 is 2.45 bits per heavy atom. The van der Waals surface area contributed by atoms with Gasteiger partial charge in [-0.1, -0.05) is 26.0 Å². The van der Waals surface area contributed by atoms with Crippen molar-refractivity contribution in [3.8, 4) is 0 Å². The molecule has 0 spiro atoms. The lowest BCUT2D eigenvalue weighted by Crippen LogP contribution is -2.53. The van der Waals surface area contributed by atoms with Gasteiger partial charge in [0.05, 0.1) is 10.5 Å². The Bertz CT molecular complexity index is 502. The lowest BCUT2D eigenvalue weighted by atomic mass is 9.92. The van der Waals surface area contributed by atoms with Gasteiger partial charge in [0.2, 0.25) is 0 Å². The Hall–Kier alpha value is -1.95. The van der Waals surface area contributed by atoms with Crippen molar-refractivity contribution in [2.75, 3.05) is 6.54 Å². The number of nitrogens with one attached hydrogen (secondary N) is 1. The van der Waals surface area contributed by atoms with Crippen molar-refractivity contribution in [1.29, 1.82) is 0 Å². The third-order valence-corrected chi connectivity index (χ3v) is 3.80. The molecule has 6 heteroatoms. The third-order valence-electron chi connectivity index (χ3n) is 3.80. The zero-order chi connectivity index (χ0) is 15.3. The predicted molar refractivity (Wildman–Crippen MR) is 77.7 cm³/mol. The first-order valence-electron chi connectivity index (χ1n) is 6.67. The Morgan fingerprint density at radius 2 is 2.00 bits per heavy atom. The number of carbonyl (C=O) groups is 1. The molecule has 0 fully saturated rings. The van der Waals surface area contributed by atoms with E-state index in [2.05, 4.69) is 5.32 Å². The van der Waals surface area contributed by atoms with E-state index in [1.54, 1.807) is 19.1 Å². The van der Waals surface area contributed by atoms with Crippen LogP contribution < -0.4 is 11.1 Å². The minimum atomic E-state index is -0.538. The molecule has 110 valence electrons. The van der Waals surface area contributed by atoms with Gasteiger partial charge in [0.25, 0.3) is 11.6 Å². The summed E-state index contributed by atoms with van der Waals surface area (Å²) in [5.41, 5.74) is 5.73. The van der Waals surface area contributed by atoms with Gasteiger partial charge in [0.15, 0.2) is 0 Å². The number of benzene rings is 1. The van der Waals surface area contributed by atoms with Crippen LogP contribution in [0.5, 0.6) is 0 Å². The number of hydrogen-bond acceptors (Lipinski definition) is 4. The van der Waals surface area contributed by atoms with Gasteiger partial charge in [-0.05, 0) is 25.3 Å². The quantitative estimate of drug-likeness (QED) is 0.615. The van der Waals surface area contributed by atoms with Crippen molar-refractivity contribution in [2.45, 2.75) is 39.2 Å². The normalized spacial score (nSPS) is 11.2. The summed E-state index contributed by atoms with van der Waals surface area (Å²) in [5.74, 6) is -0.441. The van der Waals surface area contributed by atoms with Gasteiger partial charge >= 0.3 is 0 Å². The molecule has 1 rings (SSSR count). The van der Waals surface area contributed by atoms with E-state index in [1.165, 1.54) is 6.07 Å². The van der Waals surface area contributed by atoms with Gasteiger partial charge in [-0.25, -0.2) is 0 Å². The molecule has 1 aromatic carbocycles. The number of nitro groups is 1. The summed E-state index contributed by atoms with van der Waals surface area (Å²) < 4.78 is 0. The summed E-state index contributed by atoms with van der Waals surface area (Å²) in [6, 6.07) is 4.59. The maximum Gasteiger partial charge on any atom is 0.282 e. The number of aryl methyl sites for hydroxylation is 1. The van der Waals surface area contributed by atoms with E-state index in [1.807, 2.05) is 13.8 Å². The van der Waals surface area contributed by atoms with Gasteiger partial charge in [-0.15, -0.1) is 0 Å². The summed E-state index contributed by atoms with van der Waals surface area (Å²) in [6.45, 7) is 5.85. The second kappa shape index (κ2) is 6.47. The summed E-state index contributed by atoms with van der Waals surface area (Å²) in [5, 5.41) is 13.9. The number of rotatable bonds is 6. The molecule has 0 heterocycles. The van der Waals surface area contributed by atoms with Crippen LogP contribution in [-0.2, 0) is 0 Å². The molecule has 0 aromatic heterocycles. The fourth-order valence-corrected chi connectivity index (χ4v) is 2.17. The van der Waals surface area contributed by atoms with Crippen LogP contribution in [0.25, 0.3) is 0 Å². The molecule has 0 aliphatic heterocycles. The lowest BCUT2D eigenvalue weighted by molar-refractivity contribution is -0.385. The second-order valence-electron chi connectivity index (χ2n) is 4.87. The maximum atomic E-state index is 12.4. The second-order valence-corrected chi connectivity index (χ2v) is 4.87. The van der Waals surface area contributed by atoms with Crippen LogP contribution in [0.4, 0.5) is 5.69 Å². The topological polar surface area (TPSA) is 98.3 Å². The highest BCUT2D eigenvalue weighted by Crippen LogP contribution is 2.23. The number of nitrogens with two attached hydrogens (primary N) is 1. The standard InChI is InChI=1S/C14H21N3O3/c1-4-14(5-2,9-15)16-13(18)12-10(3)7-6-8-11(12)17(19)20/h6-8H,4-5,9,15H2,1-3H3,(H,16,18). The minimum absolute atomic E-state index is 0.109. The summed E-state index contributed by atoms with van der Waals surface area (Å²) >= 11 is 0. The molecule has 0 radical (unpaired) electrons. The van der Waals surface area contributed by atoms with Crippen molar-refractivity contribution in [3.63, 3.8) is 0 Å². The zero-order valence-corrected chi connectivity index (χ0v) is 12.1. The molecule has 1 aromatic rings. The Labute approximate surface area is 118 Å². The number of carbonyl (C=O) groups excluding carboxylic acids is 1. The van der Waals surface area contributed by atoms with Crippen molar-refractivity contribution in [2.24, 2.45) is 5.73 Å². The van der Waals surface area contributed by atoms with Crippen LogP contribution in [0.15, 0.2) is 18.2 Å². The van der Waals surface area contributed by atoms with Gasteiger partial charge < -0.3 is 11.1 Å². The van der Waals surface area contributed by atoms with Gasteiger partial charge in [-0.3, -0.25) is 14.9 Å². The van der Waals surface area contributed by atoms with Crippen molar-refractivity contribution >= 4 is 11.6 Å². The van der Waals surface area contributed by atoms with Crippen LogP contribution in [0.1, 0.15) is 42.6 Å². The first-order chi connectivity index (χ1) is 9.40. The highest BCUT2D eigenvalue weighted by molar-refractivity contribution is 6.00. The molecular formula is C14H21N3O3. The fraction of sp³-hybridized carbons (Fsp3) is 0.500. The molecule has 0 unspecified atom stereocenters. The van der Waals surface area contributed by atoms with Gasteiger partial charge in [0.1, 0.15) is 5.56 Å². The molecule has 0 aliphatic rings. The maximum absolute atomic E-state index is 12.4.